The fourth-order valence-electron chi connectivity index (χ4n) is 1.71. The molecule has 0 aliphatic rings. The van der Waals surface area contributed by atoms with E-state index in [-0.39, 0.29) is 30.4 Å². The number of rotatable bonds is 4. The van der Waals surface area contributed by atoms with Gasteiger partial charge in [-0.2, -0.15) is 5.10 Å². The van der Waals surface area contributed by atoms with E-state index in [2.05, 4.69) is 10.4 Å². The van der Waals surface area contributed by atoms with Crippen molar-refractivity contribution in [2.24, 2.45) is 12.8 Å². The average molecular weight is 261 g/mol. The first kappa shape index (κ1) is 15.9. The van der Waals surface area contributed by atoms with Gasteiger partial charge in [0.25, 0.3) is 0 Å². The number of halogens is 1. The van der Waals surface area contributed by atoms with Crippen molar-refractivity contribution in [3.8, 4) is 0 Å². The second-order valence-corrected chi connectivity index (χ2v) is 4.31. The number of hydrogen-bond donors (Lipinski definition) is 2. The van der Waals surface area contributed by atoms with E-state index in [1.54, 1.807) is 4.68 Å². The van der Waals surface area contributed by atoms with Crippen LogP contribution in [0.1, 0.15) is 37.6 Å². The quantitative estimate of drug-likeness (QED) is 0.850. The summed E-state index contributed by atoms with van der Waals surface area (Å²) in [5.74, 6) is -0.0225. The Balaban J connectivity index is 0.00000256. The fourth-order valence-corrected chi connectivity index (χ4v) is 1.71. The first-order valence-electron chi connectivity index (χ1n) is 5.45. The predicted molar refractivity (Wildman–Crippen MR) is 70.0 cm³/mol. The van der Waals surface area contributed by atoms with E-state index in [4.69, 9.17) is 5.73 Å². The Morgan fingerprint density at radius 3 is 2.59 bits per heavy atom. The molecule has 1 rings (SSSR count). The van der Waals surface area contributed by atoms with E-state index < -0.39 is 0 Å². The summed E-state index contributed by atoms with van der Waals surface area (Å²) in [6, 6.07) is -0.137. The van der Waals surface area contributed by atoms with Gasteiger partial charge in [-0.15, -0.1) is 12.4 Å². The maximum Gasteiger partial charge on any atom is 0.222 e. The van der Waals surface area contributed by atoms with Crippen LogP contribution < -0.4 is 11.1 Å². The summed E-state index contributed by atoms with van der Waals surface area (Å²) in [5, 5.41) is 7.15. The normalized spacial score (nSPS) is 13.7. The van der Waals surface area contributed by atoms with E-state index in [0.29, 0.717) is 6.42 Å². The summed E-state index contributed by atoms with van der Waals surface area (Å²) in [5.41, 5.74) is 7.55. The summed E-state index contributed by atoms with van der Waals surface area (Å²) >= 11 is 0. The molecule has 0 bridgehead atoms. The number of aromatic nitrogens is 2. The summed E-state index contributed by atoms with van der Waals surface area (Å²) in [6.07, 6.45) is 2.27. The van der Waals surface area contributed by atoms with Crippen LogP contribution in [0.15, 0.2) is 6.20 Å². The molecule has 1 heterocycles. The molecule has 0 saturated carbocycles. The first-order chi connectivity index (χ1) is 7.40. The molecular formula is C11H21ClN4O. The highest BCUT2D eigenvalue weighted by Gasteiger charge is 2.14. The van der Waals surface area contributed by atoms with Crippen molar-refractivity contribution < 1.29 is 4.79 Å². The second-order valence-electron chi connectivity index (χ2n) is 4.31. The van der Waals surface area contributed by atoms with Crippen LogP contribution in [0.4, 0.5) is 0 Å². The van der Waals surface area contributed by atoms with Gasteiger partial charge in [-0.05, 0) is 20.8 Å². The number of nitrogens with two attached hydrogens (primary N) is 1. The van der Waals surface area contributed by atoms with Crippen molar-refractivity contribution >= 4 is 18.3 Å². The van der Waals surface area contributed by atoms with Gasteiger partial charge < -0.3 is 11.1 Å². The molecule has 2 atom stereocenters. The molecule has 5 nitrogen and oxygen atoms in total. The number of nitrogens with zero attached hydrogens (tertiary/aromatic N) is 2. The molecular weight excluding hydrogens is 240 g/mol. The lowest BCUT2D eigenvalue weighted by Gasteiger charge is -2.14. The van der Waals surface area contributed by atoms with Crippen molar-refractivity contribution in [2.45, 2.75) is 39.3 Å². The highest BCUT2D eigenvalue weighted by molar-refractivity contribution is 5.85. The van der Waals surface area contributed by atoms with Crippen molar-refractivity contribution in [3.63, 3.8) is 0 Å². The Kier molecular flexibility index (Phi) is 6.20. The van der Waals surface area contributed by atoms with E-state index in [9.17, 15) is 4.79 Å². The largest absolute Gasteiger partial charge is 0.349 e. The topological polar surface area (TPSA) is 72.9 Å². The molecule has 0 aliphatic carbocycles. The number of nitrogens with one attached hydrogen (secondary N) is 1. The number of hydrogen-bond acceptors (Lipinski definition) is 3. The molecule has 6 heteroatoms. The Labute approximate surface area is 108 Å². The summed E-state index contributed by atoms with van der Waals surface area (Å²) in [7, 11) is 1.87. The Morgan fingerprint density at radius 2 is 2.18 bits per heavy atom. The highest BCUT2D eigenvalue weighted by Crippen LogP contribution is 2.15. The molecule has 0 saturated heterocycles. The Bertz CT molecular complexity index is 376. The van der Waals surface area contributed by atoms with Gasteiger partial charge in [-0.3, -0.25) is 9.48 Å². The molecule has 98 valence electrons. The molecule has 0 aliphatic heterocycles. The highest BCUT2D eigenvalue weighted by atomic mass is 35.5. The van der Waals surface area contributed by atoms with E-state index in [0.717, 1.165) is 11.3 Å². The minimum Gasteiger partial charge on any atom is -0.349 e. The van der Waals surface area contributed by atoms with Crippen LogP contribution in [0.25, 0.3) is 0 Å². The van der Waals surface area contributed by atoms with Crippen molar-refractivity contribution in [2.75, 3.05) is 0 Å². The monoisotopic (exact) mass is 260 g/mol. The van der Waals surface area contributed by atoms with Crippen molar-refractivity contribution in [3.05, 3.63) is 17.5 Å². The van der Waals surface area contributed by atoms with Gasteiger partial charge in [-0.1, -0.05) is 0 Å². The smallest absolute Gasteiger partial charge is 0.222 e. The maximum atomic E-state index is 11.5. The molecule has 3 N–H and O–H groups in total. The van der Waals surface area contributed by atoms with Crippen LogP contribution in [-0.4, -0.2) is 21.7 Å². The summed E-state index contributed by atoms with van der Waals surface area (Å²) in [6.45, 7) is 5.70. The lowest BCUT2D eigenvalue weighted by atomic mass is 10.1. The maximum absolute atomic E-state index is 11.5. The first-order valence-corrected chi connectivity index (χ1v) is 5.45. The van der Waals surface area contributed by atoms with Gasteiger partial charge in [-0.25, -0.2) is 0 Å². The SMILES string of the molecule is Cc1nn(C)cc1C(C)NC(=O)CC(C)N.Cl. The van der Waals surface area contributed by atoms with Crippen molar-refractivity contribution in [1.82, 2.24) is 15.1 Å². The van der Waals surface area contributed by atoms with Gasteiger partial charge in [0.2, 0.25) is 5.91 Å². The van der Waals surface area contributed by atoms with Crippen LogP contribution in [0.2, 0.25) is 0 Å². The van der Waals surface area contributed by atoms with Crippen LogP contribution in [0.3, 0.4) is 0 Å². The third kappa shape index (κ3) is 4.75. The predicted octanol–water partition coefficient (Wildman–Crippen LogP) is 1.06. The number of carbonyl (C=O) groups is 1. The van der Waals surface area contributed by atoms with Crippen LogP contribution in [0, 0.1) is 6.92 Å². The van der Waals surface area contributed by atoms with Crippen molar-refractivity contribution in [1.29, 1.82) is 0 Å². The summed E-state index contributed by atoms with van der Waals surface area (Å²) in [4.78, 5) is 11.5. The molecule has 0 aromatic carbocycles. The van der Waals surface area contributed by atoms with Crippen LogP contribution in [0.5, 0.6) is 0 Å². The molecule has 1 aromatic rings. The minimum absolute atomic E-state index is 0. The van der Waals surface area contributed by atoms with Gasteiger partial charge in [0, 0.05) is 31.3 Å². The van der Waals surface area contributed by atoms with E-state index in [1.807, 2.05) is 34.0 Å². The fraction of sp³-hybridized carbons (Fsp3) is 0.636. The molecule has 1 amide bonds. The minimum atomic E-state index is -0.109. The lowest BCUT2D eigenvalue weighted by Crippen LogP contribution is -2.31. The standard InChI is InChI=1S/C11H20N4O.ClH/c1-7(12)5-11(16)13-8(2)10-6-15(4)14-9(10)3;/h6-8H,5,12H2,1-4H3,(H,13,16);1H. The zero-order valence-corrected chi connectivity index (χ0v) is 11.5. The third-order valence-corrected chi connectivity index (χ3v) is 2.40. The number of carbonyl (C=O) groups excluding carboxylic acids is 1. The summed E-state index contributed by atoms with van der Waals surface area (Å²) < 4.78 is 1.75. The second kappa shape index (κ2) is 6.61. The van der Waals surface area contributed by atoms with Crippen LogP contribution in [-0.2, 0) is 11.8 Å². The van der Waals surface area contributed by atoms with E-state index in [1.165, 1.54) is 0 Å². The third-order valence-electron chi connectivity index (χ3n) is 2.40. The Hall–Kier alpha value is -1.07. The molecule has 1 aromatic heterocycles. The van der Waals surface area contributed by atoms with Gasteiger partial charge in [0.15, 0.2) is 0 Å². The molecule has 0 fully saturated rings. The van der Waals surface area contributed by atoms with Gasteiger partial charge in [0.05, 0.1) is 11.7 Å². The molecule has 0 spiro atoms. The van der Waals surface area contributed by atoms with E-state index >= 15 is 0 Å². The van der Waals surface area contributed by atoms with Gasteiger partial charge in [0.1, 0.15) is 0 Å². The Morgan fingerprint density at radius 1 is 1.59 bits per heavy atom. The zero-order valence-electron chi connectivity index (χ0n) is 10.7. The number of amides is 1. The van der Waals surface area contributed by atoms with Crippen LogP contribution >= 0.6 is 12.4 Å². The van der Waals surface area contributed by atoms with Gasteiger partial charge >= 0.3 is 0 Å². The molecule has 0 radical (unpaired) electrons. The lowest BCUT2D eigenvalue weighted by molar-refractivity contribution is -0.122. The molecule has 17 heavy (non-hydrogen) atoms. The average Bonchev–Trinajstić information content (AvgIpc) is 2.43. The molecule has 2 unspecified atom stereocenters. The number of aryl methyl sites for hydroxylation is 2. The zero-order chi connectivity index (χ0) is 12.3.